The Morgan fingerprint density at radius 2 is 1.95 bits per heavy atom. The fraction of sp³-hybridized carbons (Fsp3) is 0.562. The minimum Gasteiger partial charge on any atom is -0.494 e. The van der Waals surface area contributed by atoms with Crippen molar-refractivity contribution in [2.75, 3.05) is 13.7 Å². The molecule has 112 valence electrons. The SMILES string of the molecule is CCCCCOc1ccc(CN[C@@H](C)C(=O)OC)cc1. The number of nitrogens with one attached hydrogen (secondary N) is 1. The van der Waals surface area contributed by atoms with Crippen molar-refractivity contribution in [1.29, 1.82) is 0 Å². The molecular formula is C16H25NO3. The van der Waals surface area contributed by atoms with Crippen LogP contribution in [0, 0.1) is 0 Å². The second-order valence-corrected chi connectivity index (χ2v) is 4.83. The zero-order valence-electron chi connectivity index (χ0n) is 12.6. The van der Waals surface area contributed by atoms with Gasteiger partial charge < -0.3 is 14.8 Å². The number of unbranched alkanes of at least 4 members (excludes halogenated alkanes) is 2. The Bertz CT molecular complexity index is 389. The number of ether oxygens (including phenoxy) is 2. The molecule has 0 saturated heterocycles. The molecule has 4 heteroatoms. The smallest absolute Gasteiger partial charge is 0.322 e. The number of hydrogen-bond donors (Lipinski definition) is 1. The van der Waals surface area contributed by atoms with Crippen LogP contribution in [0.3, 0.4) is 0 Å². The molecule has 0 heterocycles. The van der Waals surface area contributed by atoms with E-state index >= 15 is 0 Å². The number of esters is 1. The van der Waals surface area contributed by atoms with E-state index in [0.717, 1.165) is 24.3 Å². The number of benzene rings is 1. The maximum Gasteiger partial charge on any atom is 0.322 e. The van der Waals surface area contributed by atoms with Gasteiger partial charge in [0.15, 0.2) is 0 Å². The van der Waals surface area contributed by atoms with Crippen LogP contribution in [-0.2, 0) is 16.1 Å². The van der Waals surface area contributed by atoms with Gasteiger partial charge in [0.25, 0.3) is 0 Å². The molecule has 0 radical (unpaired) electrons. The second-order valence-electron chi connectivity index (χ2n) is 4.83. The van der Waals surface area contributed by atoms with Crippen molar-refractivity contribution in [3.05, 3.63) is 29.8 Å². The molecule has 1 rings (SSSR count). The molecule has 0 amide bonds. The van der Waals surface area contributed by atoms with Crippen LogP contribution in [0.4, 0.5) is 0 Å². The molecule has 1 aromatic rings. The highest BCUT2D eigenvalue weighted by atomic mass is 16.5. The van der Waals surface area contributed by atoms with Crippen molar-refractivity contribution < 1.29 is 14.3 Å². The topological polar surface area (TPSA) is 47.6 Å². The van der Waals surface area contributed by atoms with Crippen LogP contribution in [-0.4, -0.2) is 25.7 Å². The Balaban J connectivity index is 2.33. The lowest BCUT2D eigenvalue weighted by molar-refractivity contribution is -0.142. The monoisotopic (exact) mass is 279 g/mol. The first-order valence-electron chi connectivity index (χ1n) is 7.20. The fourth-order valence-corrected chi connectivity index (χ4v) is 1.78. The summed E-state index contributed by atoms with van der Waals surface area (Å²) in [5.74, 6) is 0.645. The van der Waals surface area contributed by atoms with Gasteiger partial charge in [-0.25, -0.2) is 0 Å². The first kappa shape index (κ1) is 16.5. The summed E-state index contributed by atoms with van der Waals surface area (Å²) in [6, 6.07) is 7.64. The number of methoxy groups -OCH3 is 1. The molecule has 0 fully saturated rings. The minimum atomic E-state index is -0.301. The standard InChI is InChI=1S/C16H25NO3/c1-4-5-6-11-20-15-9-7-14(8-10-15)12-17-13(2)16(18)19-3/h7-10,13,17H,4-6,11-12H2,1-3H3/t13-/m0/s1. The van der Waals surface area contributed by atoms with Gasteiger partial charge in [-0.3, -0.25) is 4.79 Å². The summed E-state index contributed by atoms with van der Waals surface area (Å²) in [6.07, 6.45) is 3.50. The Kier molecular flexibility index (Phi) is 7.73. The first-order valence-corrected chi connectivity index (χ1v) is 7.20. The van der Waals surface area contributed by atoms with E-state index in [1.165, 1.54) is 20.0 Å². The van der Waals surface area contributed by atoms with Gasteiger partial charge in [-0.15, -0.1) is 0 Å². The lowest BCUT2D eigenvalue weighted by atomic mass is 10.2. The van der Waals surface area contributed by atoms with Gasteiger partial charge in [0.05, 0.1) is 13.7 Å². The van der Waals surface area contributed by atoms with E-state index in [1.54, 1.807) is 6.92 Å². The molecule has 0 saturated carbocycles. The Hall–Kier alpha value is -1.55. The van der Waals surface area contributed by atoms with Crippen LogP contribution >= 0.6 is 0 Å². The summed E-state index contributed by atoms with van der Waals surface area (Å²) < 4.78 is 10.3. The van der Waals surface area contributed by atoms with Crippen molar-refractivity contribution in [2.45, 2.75) is 45.7 Å². The average molecular weight is 279 g/mol. The summed E-state index contributed by atoms with van der Waals surface area (Å²) in [5.41, 5.74) is 1.11. The van der Waals surface area contributed by atoms with E-state index in [9.17, 15) is 4.79 Å². The molecule has 0 unspecified atom stereocenters. The van der Waals surface area contributed by atoms with Crippen molar-refractivity contribution >= 4 is 5.97 Å². The quantitative estimate of drug-likeness (QED) is 0.558. The second kappa shape index (κ2) is 9.37. The van der Waals surface area contributed by atoms with Gasteiger partial charge in [0.2, 0.25) is 0 Å². The van der Waals surface area contributed by atoms with Crippen molar-refractivity contribution in [3.63, 3.8) is 0 Å². The summed E-state index contributed by atoms with van der Waals surface area (Å²) in [7, 11) is 1.39. The maximum absolute atomic E-state index is 11.3. The average Bonchev–Trinajstić information content (AvgIpc) is 2.49. The van der Waals surface area contributed by atoms with E-state index < -0.39 is 0 Å². The minimum absolute atomic E-state index is 0.249. The molecule has 1 atom stereocenters. The van der Waals surface area contributed by atoms with Crippen LogP contribution < -0.4 is 10.1 Å². The summed E-state index contributed by atoms with van der Waals surface area (Å²) in [4.78, 5) is 11.3. The van der Waals surface area contributed by atoms with Crippen LogP contribution in [0.1, 0.15) is 38.7 Å². The Morgan fingerprint density at radius 3 is 2.55 bits per heavy atom. The molecule has 20 heavy (non-hydrogen) atoms. The molecule has 0 aliphatic rings. The molecule has 1 aromatic carbocycles. The van der Waals surface area contributed by atoms with Crippen LogP contribution in [0.5, 0.6) is 5.75 Å². The normalized spacial score (nSPS) is 11.9. The summed E-state index contributed by atoms with van der Waals surface area (Å²) in [5, 5.41) is 3.11. The highest BCUT2D eigenvalue weighted by Crippen LogP contribution is 2.13. The summed E-state index contributed by atoms with van der Waals surface area (Å²) >= 11 is 0. The highest BCUT2D eigenvalue weighted by molar-refractivity contribution is 5.75. The highest BCUT2D eigenvalue weighted by Gasteiger charge is 2.11. The predicted molar refractivity (Wildman–Crippen MR) is 79.8 cm³/mol. The van der Waals surface area contributed by atoms with E-state index in [-0.39, 0.29) is 12.0 Å². The predicted octanol–water partition coefficient (Wildman–Crippen LogP) is 2.91. The zero-order valence-corrected chi connectivity index (χ0v) is 12.6. The molecule has 0 aliphatic heterocycles. The summed E-state index contributed by atoms with van der Waals surface area (Å²) in [6.45, 7) is 5.37. The van der Waals surface area contributed by atoms with E-state index in [2.05, 4.69) is 17.0 Å². The molecule has 0 aromatic heterocycles. The van der Waals surface area contributed by atoms with Crippen molar-refractivity contribution in [2.24, 2.45) is 0 Å². The number of carbonyl (C=O) groups excluding carboxylic acids is 1. The first-order chi connectivity index (χ1) is 9.67. The molecule has 0 aliphatic carbocycles. The van der Waals surface area contributed by atoms with Crippen LogP contribution in [0.25, 0.3) is 0 Å². The van der Waals surface area contributed by atoms with E-state index in [4.69, 9.17) is 4.74 Å². The molecule has 1 N–H and O–H groups in total. The molecular weight excluding hydrogens is 254 g/mol. The molecule has 0 bridgehead atoms. The Morgan fingerprint density at radius 1 is 1.25 bits per heavy atom. The van der Waals surface area contributed by atoms with Crippen molar-refractivity contribution in [1.82, 2.24) is 5.32 Å². The van der Waals surface area contributed by atoms with E-state index in [1.807, 2.05) is 24.3 Å². The van der Waals surface area contributed by atoms with Crippen LogP contribution in [0.2, 0.25) is 0 Å². The zero-order chi connectivity index (χ0) is 14.8. The van der Waals surface area contributed by atoms with Gasteiger partial charge in [0.1, 0.15) is 11.8 Å². The van der Waals surface area contributed by atoms with Gasteiger partial charge in [0, 0.05) is 6.54 Å². The van der Waals surface area contributed by atoms with Crippen molar-refractivity contribution in [3.8, 4) is 5.75 Å². The lowest BCUT2D eigenvalue weighted by Gasteiger charge is -2.12. The fourth-order valence-electron chi connectivity index (χ4n) is 1.78. The number of hydrogen-bond acceptors (Lipinski definition) is 4. The molecule has 4 nitrogen and oxygen atoms in total. The largest absolute Gasteiger partial charge is 0.494 e. The molecule has 0 spiro atoms. The maximum atomic E-state index is 11.3. The van der Waals surface area contributed by atoms with Gasteiger partial charge in [-0.2, -0.15) is 0 Å². The van der Waals surface area contributed by atoms with Crippen LogP contribution in [0.15, 0.2) is 24.3 Å². The van der Waals surface area contributed by atoms with E-state index in [0.29, 0.717) is 6.54 Å². The van der Waals surface area contributed by atoms with Gasteiger partial charge in [-0.1, -0.05) is 31.9 Å². The number of rotatable bonds is 9. The van der Waals surface area contributed by atoms with Gasteiger partial charge in [-0.05, 0) is 31.0 Å². The Labute approximate surface area is 121 Å². The number of carbonyl (C=O) groups is 1. The third-order valence-electron chi connectivity index (χ3n) is 3.11. The third-order valence-corrected chi connectivity index (χ3v) is 3.11. The lowest BCUT2D eigenvalue weighted by Crippen LogP contribution is -2.34. The van der Waals surface area contributed by atoms with Gasteiger partial charge >= 0.3 is 5.97 Å². The third kappa shape index (κ3) is 6.06.